The van der Waals surface area contributed by atoms with Crippen molar-refractivity contribution in [2.45, 2.75) is 13.1 Å². The summed E-state index contributed by atoms with van der Waals surface area (Å²) in [5.41, 5.74) is 8.26. The maximum Gasteiger partial charge on any atom is 0.178 e. The van der Waals surface area contributed by atoms with E-state index in [1.54, 1.807) is 36.0 Å². The van der Waals surface area contributed by atoms with Gasteiger partial charge in [0.25, 0.3) is 0 Å². The number of thioether (sulfide) groups is 2. The van der Waals surface area contributed by atoms with Gasteiger partial charge in [0.2, 0.25) is 0 Å². The molecule has 1 aliphatic rings. The van der Waals surface area contributed by atoms with Gasteiger partial charge in [-0.15, -0.1) is 0 Å². The first kappa shape index (κ1) is 19.2. The van der Waals surface area contributed by atoms with Crippen molar-refractivity contribution in [2.24, 2.45) is 20.2 Å². The van der Waals surface area contributed by atoms with Crippen molar-refractivity contribution in [3.63, 3.8) is 0 Å². The molecule has 2 aromatic rings. The molecule has 27 heavy (non-hydrogen) atoms. The average molecular weight is 397 g/mol. The molecule has 6 nitrogen and oxygen atoms in total. The zero-order valence-corrected chi connectivity index (χ0v) is 16.3. The zero-order valence-electron chi connectivity index (χ0n) is 14.7. The Hall–Kier alpha value is -2.58. The van der Waals surface area contributed by atoms with Gasteiger partial charge in [-0.05, 0) is 11.1 Å². The molecule has 0 amide bonds. The Morgan fingerprint density at radius 3 is 1.59 bits per heavy atom. The lowest BCUT2D eigenvalue weighted by Gasteiger charge is -2.07. The number of amidine groups is 2. The Bertz CT molecular complexity index is 749. The van der Waals surface area contributed by atoms with E-state index in [0.717, 1.165) is 26.5 Å². The second-order valence-electron chi connectivity index (χ2n) is 5.40. The molecule has 1 aliphatic heterocycles. The summed E-state index contributed by atoms with van der Waals surface area (Å²) in [4.78, 5) is 9.23. The Kier molecular flexibility index (Phi) is 7.96. The van der Waals surface area contributed by atoms with Gasteiger partial charge >= 0.3 is 0 Å². The van der Waals surface area contributed by atoms with Crippen LogP contribution in [-0.2, 0) is 13.1 Å². The van der Waals surface area contributed by atoms with Crippen LogP contribution in [-0.4, -0.2) is 27.8 Å². The highest BCUT2D eigenvalue weighted by Gasteiger charge is 2.05. The van der Waals surface area contributed by atoms with Gasteiger partial charge in [0, 0.05) is 0 Å². The Morgan fingerprint density at radius 1 is 0.704 bits per heavy atom. The predicted molar refractivity (Wildman–Crippen MR) is 118 cm³/mol. The molecule has 0 bridgehead atoms. The second-order valence-corrected chi connectivity index (χ2v) is 7.69. The smallest absolute Gasteiger partial charge is 0.178 e. The third kappa shape index (κ3) is 7.28. The molecule has 2 aromatic carbocycles. The van der Waals surface area contributed by atoms with Crippen molar-refractivity contribution in [1.82, 2.24) is 10.9 Å². The number of hydrazone groups is 2. The number of rotatable bonds is 4. The molecule has 0 aromatic heterocycles. The van der Waals surface area contributed by atoms with E-state index in [1.807, 2.05) is 36.4 Å². The summed E-state index contributed by atoms with van der Waals surface area (Å²) in [5, 5.41) is 10.5. The Morgan fingerprint density at radius 2 is 1.15 bits per heavy atom. The minimum absolute atomic E-state index is 0.609. The van der Waals surface area contributed by atoms with Crippen LogP contribution in [0, 0.1) is 0 Å². The molecule has 3 rings (SSSR count). The highest BCUT2D eigenvalue weighted by molar-refractivity contribution is 8.29. The van der Waals surface area contributed by atoms with Crippen molar-refractivity contribution in [3.8, 4) is 0 Å². The third-order valence-corrected chi connectivity index (χ3v) is 5.35. The topological polar surface area (TPSA) is 73.5 Å². The molecule has 2 N–H and O–H groups in total. The maximum atomic E-state index is 4.61. The van der Waals surface area contributed by atoms with E-state index in [4.69, 9.17) is 0 Å². The molecule has 0 spiro atoms. The van der Waals surface area contributed by atoms with E-state index < -0.39 is 0 Å². The lowest BCUT2D eigenvalue weighted by Crippen LogP contribution is -2.16. The van der Waals surface area contributed by atoms with Crippen LogP contribution >= 0.6 is 23.5 Å². The Labute approximate surface area is 167 Å². The van der Waals surface area contributed by atoms with Crippen LogP contribution in [0.3, 0.4) is 0 Å². The van der Waals surface area contributed by atoms with Crippen LogP contribution in [0.5, 0.6) is 0 Å². The summed E-state index contributed by atoms with van der Waals surface area (Å²) < 4.78 is 0. The minimum atomic E-state index is 0.609. The SMILES string of the molecule is C1=NNC(=NCc2ccccc2)SCSC(=NCc2ccccc2)NN=C1. The molecule has 0 atom stereocenters. The van der Waals surface area contributed by atoms with E-state index in [9.17, 15) is 0 Å². The van der Waals surface area contributed by atoms with Crippen LogP contribution in [0.2, 0.25) is 0 Å². The average Bonchev–Trinajstić information content (AvgIpc) is 2.77. The summed E-state index contributed by atoms with van der Waals surface area (Å²) in [6.45, 7) is 1.22. The molecular formula is C19H20N6S2. The molecule has 0 unspecified atom stereocenters. The van der Waals surface area contributed by atoms with Gasteiger partial charge in [-0.1, -0.05) is 84.2 Å². The van der Waals surface area contributed by atoms with Crippen molar-refractivity contribution in [2.75, 3.05) is 5.08 Å². The molecule has 0 aliphatic carbocycles. The molecule has 0 radical (unpaired) electrons. The van der Waals surface area contributed by atoms with Gasteiger partial charge in [0.15, 0.2) is 10.3 Å². The second kappa shape index (κ2) is 11.2. The quantitative estimate of drug-likeness (QED) is 0.827. The number of hydrogen-bond acceptors (Lipinski definition) is 6. The monoisotopic (exact) mass is 396 g/mol. The van der Waals surface area contributed by atoms with Crippen molar-refractivity contribution in [1.29, 1.82) is 0 Å². The number of nitrogens with zero attached hydrogens (tertiary/aromatic N) is 4. The molecule has 0 saturated carbocycles. The van der Waals surface area contributed by atoms with Crippen molar-refractivity contribution in [3.05, 3.63) is 71.8 Å². The van der Waals surface area contributed by atoms with E-state index in [2.05, 4.69) is 55.3 Å². The molecular weight excluding hydrogens is 376 g/mol. The fourth-order valence-corrected chi connectivity index (χ4v) is 3.79. The highest BCUT2D eigenvalue weighted by Crippen LogP contribution is 2.16. The number of benzene rings is 2. The highest BCUT2D eigenvalue weighted by atomic mass is 32.2. The number of nitrogens with one attached hydrogen (secondary N) is 2. The largest absolute Gasteiger partial charge is 0.256 e. The van der Waals surface area contributed by atoms with Crippen LogP contribution in [0.25, 0.3) is 0 Å². The van der Waals surface area contributed by atoms with Crippen LogP contribution < -0.4 is 10.9 Å². The van der Waals surface area contributed by atoms with E-state index in [0.29, 0.717) is 13.1 Å². The Balaban J connectivity index is 1.61. The first-order valence-corrected chi connectivity index (χ1v) is 10.4. The molecule has 138 valence electrons. The van der Waals surface area contributed by atoms with Gasteiger partial charge in [-0.3, -0.25) is 20.8 Å². The standard InChI is InChI=1S/C19H20N6S2/c1-3-7-16(8-4-1)13-20-18-24-22-11-12-23-25-19(27-15-26-18)21-14-17-9-5-2-6-10-17/h1-12H,13-15H2,(H,20,24)(H,21,25). The maximum absolute atomic E-state index is 4.61. The minimum Gasteiger partial charge on any atom is -0.256 e. The summed E-state index contributed by atoms with van der Waals surface area (Å²) in [7, 11) is 0. The number of hydrogen-bond donors (Lipinski definition) is 2. The first-order valence-electron chi connectivity index (χ1n) is 8.39. The summed E-state index contributed by atoms with van der Waals surface area (Å²) in [6, 6.07) is 20.3. The van der Waals surface area contributed by atoms with Gasteiger partial charge in [-0.25, -0.2) is 0 Å². The molecule has 8 heteroatoms. The van der Waals surface area contributed by atoms with E-state index >= 15 is 0 Å². The summed E-state index contributed by atoms with van der Waals surface area (Å²) in [6.07, 6.45) is 3.16. The van der Waals surface area contributed by atoms with E-state index in [1.165, 1.54) is 0 Å². The zero-order chi connectivity index (χ0) is 18.6. The fraction of sp³-hybridized carbons (Fsp3) is 0.158. The summed E-state index contributed by atoms with van der Waals surface area (Å²) in [5.74, 6) is 0. The van der Waals surface area contributed by atoms with Gasteiger partial charge in [-0.2, -0.15) is 10.2 Å². The molecule has 0 fully saturated rings. The van der Waals surface area contributed by atoms with Gasteiger partial charge < -0.3 is 0 Å². The van der Waals surface area contributed by atoms with Crippen LogP contribution in [0.1, 0.15) is 11.1 Å². The van der Waals surface area contributed by atoms with Gasteiger partial charge in [0.1, 0.15) is 0 Å². The molecule has 0 saturated heterocycles. The third-order valence-electron chi connectivity index (χ3n) is 3.42. The van der Waals surface area contributed by atoms with Crippen LogP contribution in [0.15, 0.2) is 80.9 Å². The van der Waals surface area contributed by atoms with E-state index in [-0.39, 0.29) is 0 Å². The van der Waals surface area contributed by atoms with Crippen molar-refractivity contribution >= 4 is 46.3 Å². The fourth-order valence-electron chi connectivity index (χ4n) is 2.11. The molecule has 1 heterocycles. The van der Waals surface area contributed by atoms with Crippen LogP contribution in [0.4, 0.5) is 0 Å². The van der Waals surface area contributed by atoms with Gasteiger partial charge in [0.05, 0.1) is 30.6 Å². The first-order chi connectivity index (χ1) is 13.4. The number of aliphatic imine (C=N–C) groups is 2. The summed E-state index contributed by atoms with van der Waals surface area (Å²) >= 11 is 3.17. The lowest BCUT2D eigenvalue weighted by molar-refractivity contribution is 0.994. The van der Waals surface area contributed by atoms with Crippen molar-refractivity contribution < 1.29 is 0 Å². The normalized spacial score (nSPS) is 17.9. The lowest BCUT2D eigenvalue weighted by atomic mass is 10.2. The predicted octanol–water partition coefficient (Wildman–Crippen LogP) is 3.69.